The molecular formula is C36H58ClN3. The van der Waals surface area contributed by atoms with E-state index >= 15 is 0 Å². The van der Waals surface area contributed by atoms with Gasteiger partial charge in [-0.15, -0.1) is 0 Å². The summed E-state index contributed by atoms with van der Waals surface area (Å²) in [6.07, 6.45) is 40.3. The van der Waals surface area contributed by atoms with Crippen molar-refractivity contribution in [2.75, 3.05) is 5.32 Å². The molecule has 0 aliphatic heterocycles. The molecular weight excluding hydrogens is 510 g/mol. The summed E-state index contributed by atoms with van der Waals surface area (Å²) in [5, 5.41) is 5.61. The third kappa shape index (κ3) is 9.14. The summed E-state index contributed by atoms with van der Waals surface area (Å²) in [4.78, 5) is 7.74. The molecule has 2 aromatic rings. The van der Waals surface area contributed by atoms with Gasteiger partial charge in [0.25, 0.3) is 0 Å². The SMILES string of the molecule is Clc1c[nH]c2ncc(NC3CCCCCCC(CC45CCCCCCCCCCCCC4C5)CCCCC3)cc12. The average molecular weight is 568 g/mol. The number of nitrogens with one attached hydrogen (secondary N) is 2. The van der Waals surface area contributed by atoms with Crippen LogP contribution in [-0.4, -0.2) is 16.0 Å². The number of pyridine rings is 1. The predicted molar refractivity (Wildman–Crippen MR) is 173 cm³/mol. The van der Waals surface area contributed by atoms with Gasteiger partial charge in [-0.1, -0.05) is 134 Å². The first kappa shape index (κ1) is 30.2. The zero-order chi connectivity index (χ0) is 27.5. The molecule has 3 aliphatic rings. The van der Waals surface area contributed by atoms with Crippen molar-refractivity contribution in [3.8, 4) is 0 Å². The summed E-state index contributed by atoms with van der Waals surface area (Å²) in [5.74, 6) is 2.06. The minimum atomic E-state index is 0.546. The molecule has 3 aliphatic carbocycles. The molecule has 2 heterocycles. The van der Waals surface area contributed by atoms with Gasteiger partial charge < -0.3 is 10.3 Å². The molecule has 3 nitrogen and oxygen atoms in total. The highest BCUT2D eigenvalue weighted by Gasteiger charge is 2.52. The third-order valence-electron chi connectivity index (χ3n) is 11.0. The lowest BCUT2D eigenvalue weighted by molar-refractivity contribution is 0.260. The molecule has 0 amide bonds. The average Bonchev–Trinajstić information content (AvgIpc) is 3.50. The number of rotatable bonds is 4. The molecule has 224 valence electrons. The van der Waals surface area contributed by atoms with E-state index in [0.29, 0.717) is 6.04 Å². The van der Waals surface area contributed by atoms with Crippen LogP contribution in [0.5, 0.6) is 0 Å². The first-order chi connectivity index (χ1) is 19.7. The maximum Gasteiger partial charge on any atom is 0.138 e. The zero-order valence-corrected chi connectivity index (χ0v) is 26.2. The number of nitrogens with zero attached hydrogens (tertiary/aromatic N) is 1. The maximum absolute atomic E-state index is 6.36. The van der Waals surface area contributed by atoms with Crippen molar-refractivity contribution in [3.05, 3.63) is 23.5 Å². The number of aromatic amines is 1. The Bertz CT molecular complexity index is 1000. The van der Waals surface area contributed by atoms with E-state index in [2.05, 4.69) is 21.4 Å². The number of H-pyrrole nitrogens is 1. The predicted octanol–water partition coefficient (Wildman–Crippen LogP) is 12.0. The Labute approximate surface area is 250 Å². The summed E-state index contributed by atoms with van der Waals surface area (Å²) in [5.41, 5.74) is 2.74. The Kier molecular flexibility index (Phi) is 12.0. The van der Waals surface area contributed by atoms with Crippen LogP contribution in [0.15, 0.2) is 18.5 Å². The Morgan fingerprint density at radius 1 is 0.750 bits per heavy atom. The van der Waals surface area contributed by atoms with Crippen molar-refractivity contribution >= 4 is 28.3 Å². The lowest BCUT2D eigenvalue weighted by Crippen LogP contribution is -2.19. The summed E-state index contributed by atoms with van der Waals surface area (Å²) in [7, 11) is 0. The minimum absolute atomic E-state index is 0.546. The molecule has 0 aromatic carbocycles. The van der Waals surface area contributed by atoms with Crippen LogP contribution in [-0.2, 0) is 0 Å². The van der Waals surface area contributed by atoms with Crippen molar-refractivity contribution in [1.82, 2.24) is 9.97 Å². The monoisotopic (exact) mass is 567 g/mol. The Balaban J connectivity index is 1.11. The van der Waals surface area contributed by atoms with Crippen molar-refractivity contribution in [3.63, 3.8) is 0 Å². The van der Waals surface area contributed by atoms with Crippen LogP contribution >= 0.6 is 11.6 Å². The Morgan fingerprint density at radius 3 is 2.02 bits per heavy atom. The fourth-order valence-corrected chi connectivity index (χ4v) is 8.65. The van der Waals surface area contributed by atoms with Gasteiger partial charge >= 0.3 is 0 Å². The fourth-order valence-electron chi connectivity index (χ4n) is 8.46. The van der Waals surface area contributed by atoms with Gasteiger partial charge in [-0.2, -0.15) is 0 Å². The number of fused-ring (bicyclic) bond motifs is 2. The molecule has 4 heteroatoms. The van der Waals surface area contributed by atoms with E-state index in [1.54, 1.807) is 25.7 Å². The van der Waals surface area contributed by atoms with Gasteiger partial charge in [0.05, 0.1) is 16.9 Å². The summed E-state index contributed by atoms with van der Waals surface area (Å²) >= 11 is 6.36. The highest BCUT2D eigenvalue weighted by molar-refractivity contribution is 6.35. The standard InChI is InChI=1S/C36H58ClN3/c37-34-28-39-35-33(34)24-32(27-38-35)40-31-21-15-9-8-12-18-29(19-13-11-16-22-31)25-36-23-17-10-6-4-2-1-3-5-7-14-20-30(36)26-36/h24,27-31,40H,1-23,25-26H2,(H,38,39). The largest absolute Gasteiger partial charge is 0.381 e. The van der Waals surface area contributed by atoms with E-state index in [1.165, 1.54) is 135 Å². The van der Waals surface area contributed by atoms with E-state index in [-0.39, 0.29) is 0 Å². The molecule has 3 fully saturated rings. The van der Waals surface area contributed by atoms with Crippen LogP contribution < -0.4 is 5.32 Å². The number of anilines is 1. The van der Waals surface area contributed by atoms with Crippen LogP contribution in [0.25, 0.3) is 11.0 Å². The quantitative estimate of drug-likeness (QED) is 0.385. The van der Waals surface area contributed by atoms with E-state index in [0.717, 1.165) is 39.0 Å². The third-order valence-corrected chi connectivity index (χ3v) is 11.3. The van der Waals surface area contributed by atoms with Gasteiger partial charge in [-0.25, -0.2) is 4.98 Å². The highest BCUT2D eigenvalue weighted by atomic mass is 35.5. The summed E-state index contributed by atoms with van der Waals surface area (Å²) in [6, 6.07) is 2.72. The fraction of sp³-hybridized carbons (Fsp3) is 0.806. The van der Waals surface area contributed by atoms with Crippen LogP contribution in [0.1, 0.15) is 161 Å². The number of hydrogen-bond acceptors (Lipinski definition) is 2. The molecule has 4 atom stereocenters. The van der Waals surface area contributed by atoms with Crippen LogP contribution in [0, 0.1) is 17.3 Å². The van der Waals surface area contributed by atoms with E-state index in [4.69, 9.17) is 11.6 Å². The molecule has 0 bridgehead atoms. The number of hydrogen-bond donors (Lipinski definition) is 2. The van der Waals surface area contributed by atoms with Crippen LogP contribution in [0.2, 0.25) is 5.02 Å². The second-order valence-corrected chi connectivity index (χ2v) is 14.5. The van der Waals surface area contributed by atoms with Crippen molar-refractivity contribution in [2.45, 2.75) is 167 Å². The molecule has 5 rings (SSSR count). The molecule has 0 spiro atoms. The van der Waals surface area contributed by atoms with Gasteiger partial charge in [0.15, 0.2) is 0 Å². The Hall–Kier alpha value is -1.22. The second kappa shape index (κ2) is 15.9. The van der Waals surface area contributed by atoms with Crippen molar-refractivity contribution < 1.29 is 0 Å². The van der Waals surface area contributed by atoms with Gasteiger partial charge in [0, 0.05) is 17.6 Å². The maximum atomic E-state index is 6.36. The van der Waals surface area contributed by atoms with Gasteiger partial charge in [-0.3, -0.25) is 0 Å². The van der Waals surface area contributed by atoms with E-state index in [1.807, 2.05) is 12.4 Å². The first-order valence-corrected chi connectivity index (χ1v) is 18.0. The van der Waals surface area contributed by atoms with Gasteiger partial charge in [0.1, 0.15) is 5.65 Å². The second-order valence-electron chi connectivity index (χ2n) is 14.1. The number of halogens is 1. The molecule has 0 saturated heterocycles. The first-order valence-electron chi connectivity index (χ1n) is 17.6. The molecule has 0 radical (unpaired) electrons. The number of aromatic nitrogens is 2. The lowest BCUT2D eigenvalue weighted by atomic mass is 9.80. The molecule has 2 N–H and O–H groups in total. The van der Waals surface area contributed by atoms with Crippen LogP contribution in [0.3, 0.4) is 0 Å². The van der Waals surface area contributed by atoms with Gasteiger partial charge in [0.2, 0.25) is 0 Å². The molecule has 3 saturated carbocycles. The van der Waals surface area contributed by atoms with E-state index < -0.39 is 0 Å². The van der Waals surface area contributed by atoms with Crippen molar-refractivity contribution in [2.24, 2.45) is 17.3 Å². The summed E-state index contributed by atoms with van der Waals surface area (Å²) < 4.78 is 0. The molecule has 2 aromatic heterocycles. The van der Waals surface area contributed by atoms with E-state index in [9.17, 15) is 0 Å². The highest BCUT2D eigenvalue weighted by Crippen LogP contribution is 2.62. The Morgan fingerprint density at radius 2 is 1.32 bits per heavy atom. The minimum Gasteiger partial charge on any atom is -0.381 e. The topological polar surface area (TPSA) is 40.7 Å². The lowest BCUT2D eigenvalue weighted by Gasteiger charge is -2.25. The van der Waals surface area contributed by atoms with Crippen LogP contribution in [0.4, 0.5) is 5.69 Å². The zero-order valence-electron chi connectivity index (χ0n) is 25.5. The molecule has 40 heavy (non-hydrogen) atoms. The van der Waals surface area contributed by atoms with Crippen molar-refractivity contribution in [1.29, 1.82) is 0 Å². The normalized spacial score (nSPS) is 30.7. The molecule has 4 unspecified atom stereocenters. The van der Waals surface area contributed by atoms with Gasteiger partial charge in [-0.05, 0) is 61.8 Å². The summed E-state index contributed by atoms with van der Waals surface area (Å²) in [6.45, 7) is 0. The smallest absolute Gasteiger partial charge is 0.138 e.